The zero-order valence-corrected chi connectivity index (χ0v) is 16.6. The van der Waals surface area contributed by atoms with Crippen molar-refractivity contribution in [1.82, 2.24) is 14.8 Å². The number of nitrogens with one attached hydrogen (secondary N) is 1. The van der Waals surface area contributed by atoms with Crippen LogP contribution < -0.4 is 5.56 Å². The van der Waals surface area contributed by atoms with E-state index in [1.165, 1.54) is 11.1 Å². The summed E-state index contributed by atoms with van der Waals surface area (Å²) in [5.74, 6) is -0.00902. The summed E-state index contributed by atoms with van der Waals surface area (Å²) in [7, 11) is 2.16. The van der Waals surface area contributed by atoms with Gasteiger partial charge in [0.15, 0.2) is 0 Å². The summed E-state index contributed by atoms with van der Waals surface area (Å²) in [5.41, 5.74) is 3.07. The van der Waals surface area contributed by atoms with Crippen molar-refractivity contribution < 1.29 is 4.79 Å². The second kappa shape index (κ2) is 6.85. The molecule has 0 saturated carbocycles. The van der Waals surface area contributed by atoms with Gasteiger partial charge < -0.3 is 14.8 Å². The second-order valence-electron chi connectivity index (χ2n) is 8.48. The molecule has 1 saturated heterocycles. The number of amides is 1. The van der Waals surface area contributed by atoms with Crippen molar-refractivity contribution in [1.29, 1.82) is 0 Å². The number of rotatable bonds is 1. The topological polar surface area (TPSA) is 56.4 Å². The highest BCUT2D eigenvalue weighted by Gasteiger charge is 2.42. The van der Waals surface area contributed by atoms with Gasteiger partial charge in [0.1, 0.15) is 0 Å². The molecule has 0 atom stereocenters. The number of benzene rings is 2. The Morgan fingerprint density at radius 2 is 1.69 bits per heavy atom. The molecular weight excluding hydrogens is 362 g/mol. The smallest absolute Gasteiger partial charge is 0.256 e. The van der Waals surface area contributed by atoms with Crippen LogP contribution in [0.25, 0.3) is 10.8 Å². The van der Waals surface area contributed by atoms with E-state index in [-0.39, 0.29) is 16.9 Å². The number of nitrogens with zero attached hydrogens (tertiary/aromatic N) is 2. The Kier molecular flexibility index (Phi) is 4.28. The Hall–Kier alpha value is -2.92. The van der Waals surface area contributed by atoms with Crippen LogP contribution in [0, 0.1) is 0 Å². The van der Waals surface area contributed by atoms with Crippen molar-refractivity contribution in [2.24, 2.45) is 0 Å². The Labute approximate surface area is 170 Å². The molecule has 1 spiro atoms. The normalized spacial score (nSPS) is 18.7. The molecule has 2 aliphatic rings. The highest BCUT2D eigenvalue weighted by Crippen LogP contribution is 2.42. The fourth-order valence-electron chi connectivity index (χ4n) is 5.06. The van der Waals surface area contributed by atoms with Crippen molar-refractivity contribution in [3.05, 3.63) is 81.8 Å². The molecule has 5 nitrogen and oxygen atoms in total. The van der Waals surface area contributed by atoms with Crippen molar-refractivity contribution in [3.63, 3.8) is 0 Å². The van der Waals surface area contributed by atoms with Crippen LogP contribution in [0.2, 0.25) is 0 Å². The molecule has 3 heterocycles. The maximum atomic E-state index is 13.6. The Bertz CT molecular complexity index is 1140. The van der Waals surface area contributed by atoms with E-state index in [0.717, 1.165) is 37.9 Å². The number of pyridine rings is 1. The number of carbonyl (C=O) groups excluding carboxylic acids is 1. The third-order valence-electron chi connectivity index (χ3n) is 6.71. The fraction of sp³-hybridized carbons (Fsp3) is 0.333. The number of H-pyrrole nitrogens is 1. The number of hydrogen-bond acceptors (Lipinski definition) is 3. The van der Waals surface area contributed by atoms with Gasteiger partial charge in [-0.25, -0.2) is 0 Å². The highest BCUT2D eigenvalue weighted by molar-refractivity contribution is 6.06. The fourth-order valence-corrected chi connectivity index (χ4v) is 5.06. The summed E-state index contributed by atoms with van der Waals surface area (Å²) < 4.78 is 0. The Morgan fingerprint density at radius 3 is 2.48 bits per heavy atom. The lowest BCUT2D eigenvalue weighted by atomic mass is 9.69. The van der Waals surface area contributed by atoms with E-state index < -0.39 is 0 Å². The number of hydrogen-bond donors (Lipinski definition) is 1. The van der Waals surface area contributed by atoms with Gasteiger partial charge in [0.2, 0.25) is 0 Å². The van der Waals surface area contributed by atoms with Gasteiger partial charge in [-0.15, -0.1) is 0 Å². The standard InChI is InChI=1S/C24H25N3O2/c1-26-12-10-24(11-13-26)16-27(15-17-6-2-5-9-21(17)24)23(29)20-14-25-22(28)19-8-4-3-7-18(19)20/h2-9,14H,10-13,15-16H2,1H3,(H,25,28). The quantitative estimate of drug-likeness (QED) is 0.698. The lowest BCUT2D eigenvalue weighted by Gasteiger charge is -2.48. The van der Waals surface area contributed by atoms with E-state index in [1.54, 1.807) is 12.3 Å². The van der Waals surface area contributed by atoms with Gasteiger partial charge in [0.05, 0.1) is 5.56 Å². The van der Waals surface area contributed by atoms with E-state index in [4.69, 9.17) is 0 Å². The summed E-state index contributed by atoms with van der Waals surface area (Å²) in [4.78, 5) is 32.9. The van der Waals surface area contributed by atoms with Gasteiger partial charge in [0, 0.05) is 35.5 Å². The maximum absolute atomic E-state index is 13.6. The molecular formula is C24H25N3O2. The van der Waals surface area contributed by atoms with Crippen LogP contribution in [0.4, 0.5) is 0 Å². The summed E-state index contributed by atoms with van der Waals surface area (Å²) >= 11 is 0. The summed E-state index contributed by atoms with van der Waals surface area (Å²) in [5, 5.41) is 1.28. The first-order valence-electron chi connectivity index (χ1n) is 10.2. The lowest BCUT2D eigenvalue weighted by molar-refractivity contribution is 0.0600. The van der Waals surface area contributed by atoms with E-state index in [0.29, 0.717) is 17.5 Å². The van der Waals surface area contributed by atoms with E-state index >= 15 is 0 Å². The van der Waals surface area contributed by atoms with Crippen molar-refractivity contribution in [2.45, 2.75) is 24.8 Å². The summed E-state index contributed by atoms with van der Waals surface area (Å²) in [6, 6.07) is 15.9. The molecule has 29 heavy (non-hydrogen) atoms. The minimum absolute atomic E-state index is 0.00893. The predicted molar refractivity (Wildman–Crippen MR) is 114 cm³/mol. The van der Waals surface area contributed by atoms with Gasteiger partial charge in [-0.1, -0.05) is 42.5 Å². The molecule has 2 aromatic carbocycles. The molecule has 3 aromatic rings. The van der Waals surface area contributed by atoms with Crippen LogP contribution in [-0.2, 0) is 12.0 Å². The molecule has 0 radical (unpaired) electrons. The number of aromatic nitrogens is 1. The third kappa shape index (κ3) is 2.97. The first-order chi connectivity index (χ1) is 14.1. The van der Waals surface area contributed by atoms with Crippen LogP contribution >= 0.6 is 0 Å². The monoisotopic (exact) mass is 387 g/mol. The largest absolute Gasteiger partial charge is 0.333 e. The number of likely N-dealkylation sites (tertiary alicyclic amines) is 1. The van der Waals surface area contributed by atoms with Gasteiger partial charge in [-0.3, -0.25) is 9.59 Å². The van der Waals surface area contributed by atoms with Crippen LogP contribution in [0.1, 0.15) is 34.3 Å². The Balaban J connectivity index is 1.57. The van der Waals surface area contributed by atoms with E-state index in [2.05, 4.69) is 41.2 Å². The molecule has 1 aromatic heterocycles. The van der Waals surface area contributed by atoms with Crippen LogP contribution in [-0.4, -0.2) is 47.4 Å². The molecule has 2 aliphatic heterocycles. The molecule has 5 heteroatoms. The van der Waals surface area contributed by atoms with Gasteiger partial charge in [-0.2, -0.15) is 0 Å². The van der Waals surface area contributed by atoms with Gasteiger partial charge in [-0.05, 0) is 50.2 Å². The maximum Gasteiger partial charge on any atom is 0.256 e. The summed E-state index contributed by atoms with van der Waals surface area (Å²) in [6.07, 6.45) is 3.68. The molecule has 0 aliphatic carbocycles. The van der Waals surface area contributed by atoms with Crippen molar-refractivity contribution in [2.75, 3.05) is 26.7 Å². The third-order valence-corrected chi connectivity index (χ3v) is 6.71. The highest BCUT2D eigenvalue weighted by atomic mass is 16.2. The van der Waals surface area contributed by atoms with Crippen molar-refractivity contribution in [3.8, 4) is 0 Å². The minimum Gasteiger partial charge on any atom is -0.333 e. The number of fused-ring (bicyclic) bond motifs is 3. The SMILES string of the molecule is CN1CCC2(CC1)CN(C(=O)c1c[nH]c(=O)c3ccccc13)Cc1ccccc12. The minimum atomic E-state index is -0.159. The average Bonchev–Trinajstić information content (AvgIpc) is 2.76. The molecule has 148 valence electrons. The second-order valence-corrected chi connectivity index (χ2v) is 8.48. The molecule has 0 unspecified atom stereocenters. The molecule has 1 N–H and O–H groups in total. The molecule has 0 bridgehead atoms. The lowest BCUT2D eigenvalue weighted by Crippen LogP contribution is -2.52. The Morgan fingerprint density at radius 1 is 1.00 bits per heavy atom. The van der Waals surface area contributed by atoms with E-state index in [1.807, 2.05) is 23.1 Å². The number of carbonyl (C=O) groups is 1. The average molecular weight is 387 g/mol. The zero-order valence-electron chi connectivity index (χ0n) is 16.6. The molecule has 1 fully saturated rings. The molecule has 1 amide bonds. The van der Waals surface area contributed by atoms with Crippen LogP contribution in [0.3, 0.4) is 0 Å². The van der Waals surface area contributed by atoms with Crippen LogP contribution in [0.15, 0.2) is 59.5 Å². The molecule has 5 rings (SSSR count). The van der Waals surface area contributed by atoms with Gasteiger partial charge >= 0.3 is 0 Å². The first kappa shape index (κ1) is 18.1. The zero-order chi connectivity index (χ0) is 20.0. The van der Waals surface area contributed by atoms with E-state index in [9.17, 15) is 9.59 Å². The summed E-state index contributed by atoms with van der Waals surface area (Å²) in [6.45, 7) is 3.42. The number of aromatic amines is 1. The van der Waals surface area contributed by atoms with Crippen molar-refractivity contribution >= 4 is 16.7 Å². The predicted octanol–water partition coefficient (Wildman–Crippen LogP) is 3.15. The van der Waals surface area contributed by atoms with Crippen LogP contribution in [0.5, 0.6) is 0 Å². The first-order valence-corrected chi connectivity index (χ1v) is 10.2. The van der Waals surface area contributed by atoms with Gasteiger partial charge in [0.25, 0.3) is 11.5 Å². The number of piperidine rings is 1.